The average molecular weight is 448 g/mol. The number of carbonyl (C=O) groups excluding carboxylic acids is 2. The first kappa shape index (κ1) is 20.6. The summed E-state index contributed by atoms with van der Waals surface area (Å²) in [5.41, 5.74) is 7.55. The van der Waals surface area contributed by atoms with Crippen molar-refractivity contribution in [2.45, 2.75) is 12.8 Å². The number of nitrogens with zero attached hydrogens (tertiary/aromatic N) is 1. The Balaban J connectivity index is 1.31. The number of nitrogens with one attached hydrogen (secondary N) is 2. The molecule has 1 fully saturated rings. The molecule has 1 saturated carbocycles. The quantitative estimate of drug-likeness (QED) is 0.383. The summed E-state index contributed by atoms with van der Waals surface area (Å²) in [7, 11) is 0. The van der Waals surface area contributed by atoms with Crippen molar-refractivity contribution >= 4 is 40.0 Å². The van der Waals surface area contributed by atoms with Gasteiger partial charge in [0.15, 0.2) is 23.0 Å². The van der Waals surface area contributed by atoms with Crippen LogP contribution in [0.4, 0.5) is 26.0 Å². The number of nitrogen functional groups attached to an aromatic ring is 1. The van der Waals surface area contributed by atoms with Crippen LogP contribution in [0.5, 0.6) is 0 Å². The van der Waals surface area contributed by atoms with E-state index in [0.29, 0.717) is 35.3 Å². The topological polar surface area (TPSA) is 110 Å². The van der Waals surface area contributed by atoms with E-state index in [-0.39, 0.29) is 5.69 Å². The van der Waals surface area contributed by atoms with Gasteiger partial charge in [-0.2, -0.15) is 0 Å². The number of halogens is 2. The third-order valence-corrected chi connectivity index (χ3v) is 5.78. The van der Waals surface area contributed by atoms with Gasteiger partial charge in [-0.3, -0.25) is 9.59 Å². The number of amides is 2. The van der Waals surface area contributed by atoms with Crippen molar-refractivity contribution in [1.82, 2.24) is 5.16 Å². The van der Waals surface area contributed by atoms with Gasteiger partial charge < -0.3 is 20.9 Å². The Kier molecular flexibility index (Phi) is 4.81. The third kappa shape index (κ3) is 3.67. The van der Waals surface area contributed by atoms with Crippen molar-refractivity contribution in [2.24, 2.45) is 5.41 Å². The van der Waals surface area contributed by atoms with E-state index < -0.39 is 28.9 Å². The monoisotopic (exact) mass is 448 g/mol. The Morgan fingerprint density at radius 3 is 2.24 bits per heavy atom. The van der Waals surface area contributed by atoms with Gasteiger partial charge in [0.05, 0.1) is 5.39 Å². The van der Waals surface area contributed by atoms with Crippen LogP contribution in [0.3, 0.4) is 0 Å². The SMILES string of the molecule is Nc1noc2cccc(-c3ccc(NC(=O)C4(C(=O)Nc5ccc(F)c(F)c5)CC4)cc3)c12. The van der Waals surface area contributed by atoms with Crippen molar-refractivity contribution in [2.75, 3.05) is 16.4 Å². The lowest BCUT2D eigenvalue weighted by atomic mass is 10.0. The molecule has 4 N–H and O–H groups in total. The zero-order chi connectivity index (χ0) is 23.2. The van der Waals surface area contributed by atoms with Gasteiger partial charge in [-0.05, 0) is 54.3 Å². The highest BCUT2D eigenvalue weighted by atomic mass is 19.2. The predicted octanol–water partition coefficient (Wildman–Crippen LogP) is 4.71. The number of anilines is 3. The summed E-state index contributed by atoms with van der Waals surface area (Å²) < 4.78 is 31.7. The molecule has 1 heterocycles. The summed E-state index contributed by atoms with van der Waals surface area (Å²) in [6.45, 7) is 0. The molecule has 0 saturated heterocycles. The standard InChI is InChI=1S/C24H18F2N4O3/c25-17-9-8-15(12-18(17)26)29-23(32)24(10-11-24)22(31)28-14-6-4-13(5-7-14)16-2-1-3-19-20(16)21(27)30-33-19/h1-9,12H,10-11H2,(H2,27,30)(H,28,31)(H,29,32). The number of carbonyl (C=O) groups is 2. The molecule has 2 amide bonds. The van der Waals surface area contributed by atoms with Crippen LogP contribution in [0, 0.1) is 17.0 Å². The molecule has 0 aliphatic heterocycles. The lowest BCUT2D eigenvalue weighted by Gasteiger charge is -2.16. The molecule has 0 bridgehead atoms. The van der Waals surface area contributed by atoms with Crippen LogP contribution in [0.15, 0.2) is 65.2 Å². The highest BCUT2D eigenvalue weighted by Crippen LogP contribution is 2.47. The molecule has 3 aromatic carbocycles. The van der Waals surface area contributed by atoms with Gasteiger partial charge in [0.25, 0.3) is 0 Å². The molecule has 1 aliphatic carbocycles. The van der Waals surface area contributed by atoms with Gasteiger partial charge in [-0.1, -0.05) is 29.4 Å². The second-order valence-corrected chi connectivity index (χ2v) is 7.94. The maximum Gasteiger partial charge on any atom is 0.240 e. The Bertz CT molecular complexity index is 1390. The molecule has 0 spiro atoms. The van der Waals surface area contributed by atoms with Crippen LogP contribution in [-0.2, 0) is 9.59 Å². The van der Waals surface area contributed by atoms with Gasteiger partial charge in [-0.15, -0.1) is 0 Å². The minimum atomic E-state index is -1.24. The van der Waals surface area contributed by atoms with E-state index in [1.54, 1.807) is 18.2 Å². The predicted molar refractivity (Wildman–Crippen MR) is 119 cm³/mol. The number of hydrogen-bond acceptors (Lipinski definition) is 5. The average Bonchev–Trinajstić information content (AvgIpc) is 3.55. The van der Waals surface area contributed by atoms with Gasteiger partial charge in [-0.25, -0.2) is 8.78 Å². The van der Waals surface area contributed by atoms with Crippen molar-refractivity contribution in [3.63, 3.8) is 0 Å². The lowest BCUT2D eigenvalue weighted by molar-refractivity contribution is -0.131. The van der Waals surface area contributed by atoms with Crippen LogP contribution in [0.2, 0.25) is 0 Å². The first-order valence-electron chi connectivity index (χ1n) is 10.2. The Morgan fingerprint density at radius 1 is 0.909 bits per heavy atom. The molecule has 9 heteroatoms. The molecule has 7 nitrogen and oxygen atoms in total. The van der Waals surface area contributed by atoms with Gasteiger partial charge in [0.2, 0.25) is 11.8 Å². The summed E-state index contributed by atoms with van der Waals surface area (Å²) in [6.07, 6.45) is 0.725. The smallest absolute Gasteiger partial charge is 0.240 e. The Labute approximate surface area is 186 Å². The number of nitrogens with two attached hydrogens (primary N) is 1. The Morgan fingerprint density at radius 2 is 1.58 bits per heavy atom. The fourth-order valence-corrected chi connectivity index (χ4v) is 3.75. The van der Waals surface area contributed by atoms with E-state index >= 15 is 0 Å². The van der Waals surface area contributed by atoms with E-state index in [2.05, 4.69) is 15.8 Å². The summed E-state index contributed by atoms with van der Waals surface area (Å²) in [5, 5.41) is 9.77. The fourth-order valence-electron chi connectivity index (χ4n) is 3.75. The summed E-state index contributed by atoms with van der Waals surface area (Å²) >= 11 is 0. The van der Waals surface area contributed by atoms with E-state index in [9.17, 15) is 18.4 Å². The molecule has 0 radical (unpaired) electrons. The largest absolute Gasteiger partial charge is 0.380 e. The molecule has 1 aromatic heterocycles. The van der Waals surface area contributed by atoms with Crippen LogP contribution in [-0.4, -0.2) is 17.0 Å². The minimum Gasteiger partial charge on any atom is -0.380 e. The third-order valence-electron chi connectivity index (χ3n) is 5.78. The normalized spacial score (nSPS) is 14.1. The maximum absolute atomic E-state index is 13.4. The van der Waals surface area contributed by atoms with Crippen molar-refractivity contribution in [1.29, 1.82) is 0 Å². The number of benzene rings is 3. The van der Waals surface area contributed by atoms with Crippen LogP contribution < -0.4 is 16.4 Å². The fraction of sp³-hybridized carbons (Fsp3) is 0.125. The molecule has 0 unspecified atom stereocenters. The highest BCUT2D eigenvalue weighted by molar-refractivity contribution is 6.17. The van der Waals surface area contributed by atoms with E-state index in [1.165, 1.54) is 6.07 Å². The first-order valence-corrected chi connectivity index (χ1v) is 10.2. The van der Waals surface area contributed by atoms with Crippen LogP contribution in [0.1, 0.15) is 12.8 Å². The highest BCUT2D eigenvalue weighted by Gasteiger charge is 2.56. The van der Waals surface area contributed by atoms with Crippen molar-refractivity contribution in [3.05, 3.63) is 72.3 Å². The molecular weight excluding hydrogens is 430 g/mol. The van der Waals surface area contributed by atoms with Crippen LogP contribution in [0.25, 0.3) is 22.1 Å². The second-order valence-electron chi connectivity index (χ2n) is 7.94. The first-order chi connectivity index (χ1) is 15.9. The number of rotatable bonds is 5. The maximum atomic E-state index is 13.4. The van der Waals surface area contributed by atoms with Gasteiger partial charge in [0, 0.05) is 17.4 Å². The van der Waals surface area contributed by atoms with Crippen molar-refractivity contribution in [3.8, 4) is 11.1 Å². The van der Waals surface area contributed by atoms with Gasteiger partial charge >= 0.3 is 0 Å². The van der Waals surface area contributed by atoms with Crippen molar-refractivity contribution < 1.29 is 22.9 Å². The van der Waals surface area contributed by atoms with E-state index in [1.807, 2.05) is 24.3 Å². The number of fused-ring (bicyclic) bond motifs is 1. The second kappa shape index (κ2) is 7.70. The molecule has 166 valence electrons. The zero-order valence-corrected chi connectivity index (χ0v) is 17.2. The molecule has 1 aliphatic rings. The molecule has 33 heavy (non-hydrogen) atoms. The molecular formula is C24H18F2N4O3. The van der Waals surface area contributed by atoms with Gasteiger partial charge in [0.1, 0.15) is 5.41 Å². The lowest BCUT2D eigenvalue weighted by Crippen LogP contribution is -2.35. The number of aromatic nitrogens is 1. The zero-order valence-electron chi connectivity index (χ0n) is 17.2. The summed E-state index contributed by atoms with van der Waals surface area (Å²) in [6, 6.07) is 15.6. The van der Waals surface area contributed by atoms with E-state index in [4.69, 9.17) is 10.3 Å². The minimum absolute atomic E-state index is 0.0875. The summed E-state index contributed by atoms with van der Waals surface area (Å²) in [5.74, 6) is -2.82. The molecule has 0 atom stereocenters. The van der Waals surface area contributed by atoms with Crippen LogP contribution >= 0.6 is 0 Å². The van der Waals surface area contributed by atoms with E-state index in [0.717, 1.165) is 23.3 Å². The molecule has 4 aromatic rings. The Hall–Kier alpha value is -4.27. The summed E-state index contributed by atoms with van der Waals surface area (Å²) in [4.78, 5) is 25.5. The number of hydrogen-bond donors (Lipinski definition) is 3. The molecule has 5 rings (SSSR count).